The average molecular weight is 412 g/mol. The minimum atomic E-state index is -0.0420. The summed E-state index contributed by atoms with van der Waals surface area (Å²) < 4.78 is 5.81. The largest absolute Gasteiger partial charge is 0.508 e. The lowest BCUT2D eigenvalue weighted by Crippen LogP contribution is -2.00. The number of anilines is 1. The summed E-state index contributed by atoms with van der Waals surface area (Å²) in [7, 11) is 0. The molecule has 5 rings (SSSR count). The summed E-state index contributed by atoms with van der Waals surface area (Å²) in [5.41, 5.74) is 9.53. The number of fused-ring (bicyclic) bond motifs is 1. The lowest BCUT2D eigenvalue weighted by molar-refractivity contribution is 0.104. The molecule has 30 heavy (non-hydrogen) atoms. The Morgan fingerprint density at radius 2 is 1.67 bits per heavy atom. The molecule has 5 aromatic rings. The number of carbonyl (C=O) groups excluding carboxylic acids is 1. The van der Waals surface area contributed by atoms with E-state index in [0.29, 0.717) is 16.1 Å². The van der Waals surface area contributed by atoms with Gasteiger partial charge in [-0.2, -0.15) is 0 Å². The summed E-state index contributed by atoms with van der Waals surface area (Å²) in [6.45, 7) is 0. The Bertz CT molecular complexity index is 1370. The maximum Gasteiger partial charge on any atom is 0.222 e. The molecule has 0 unspecified atom stereocenters. The van der Waals surface area contributed by atoms with Gasteiger partial charge < -0.3 is 15.4 Å². The lowest BCUT2D eigenvalue weighted by atomic mass is 9.97. The highest BCUT2D eigenvalue weighted by molar-refractivity contribution is 7.21. The van der Waals surface area contributed by atoms with Crippen molar-refractivity contribution in [3.8, 4) is 28.1 Å². The van der Waals surface area contributed by atoms with Crippen LogP contribution in [0.2, 0.25) is 0 Å². The average Bonchev–Trinajstić information content (AvgIpc) is 3.37. The van der Waals surface area contributed by atoms with E-state index in [9.17, 15) is 9.90 Å². The van der Waals surface area contributed by atoms with Gasteiger partial charge in [-0.15, -0.1) is 11.3 Å². The van der Waals surface area contributed by atoms with Gasteiger partial charge in [0.2, 0.25) is 11.7 Å². The molecule has 3 N–H and O–H groups in total. The number of phenols is 1. The quantitative estimate of drug-likeness (QED) is 0.367. The summed E-state index contributed by atoms with van der Waals surface area (Å²) in [5, 5.41) is 14.8. The van der Waals surface area contributed by atoms with E-state index in [1.807, 2.05) is 60.7 Å². The van der Waals surface area contributed by atoms with Crippen LogP contribution in [0.4, 0.5) is 5.88 Å². The normalized spacial score (nSPS) is 11.1. The highest BCUT2D eigenvalue weighted by Crippen LogP contribution is 2.41. The van der Waals surface area contributed by atoms with Gasteiger partial charge >= 0.3 is 0 Å². The molecule has 0 saturated carbocycles. The number of nitrogen functional groups attached to an aromatic ring is 1. The van der Waals surface area contributed by atoms with Crippen molar-refractivity contribution in [2.45, 2.75) is 0 Å². The smallest absolute Gasteiger partial charge is 0.222 e. The van der Waals surface area contributed by atoms with Crippen molar-refractivity contribution in [1.29, 1.82) is 0 Å². The molecular formula is C24H16N2O3S. The molecule has 0 bridgehead atoms. The van der Waals surface area contributed by atoms with Crippen molar-refractivity contribution in [1.82, 2.24) is 5.16 Å². The number of phenolic OH excluding ortho intramolecular Hbond substituents is 1. The molecule has 0 radical (unpaired) electrons. The van der Waals surface area contributed by atoms with Crippen LogP contribution in [0.5, 0.6) is 5.75 Å². The molecule has 0 aliphatic rings. The third-order valence-electron chi connectivity index (χ3n) is 4.91. The number of rotatable bonds is 4. The fourth-order valence-electron chi connectivity index (χ4n) is 3.49. The minimum absolute atomic E-state index is 0.0420. The van der Waals surface area contributed by atoms with Crippen LogP contribution in [-0.4, -0.2) is 16.0 Å². The number of nitrogens with zero attached hydrogens (tertiary/aromatic N) is 1. The summed E-state index contributed by atoms with van der Waals surface area (Å²) in [6.07, 6.45) is 0. The van der Waals surface area contributed by atoms with E-state index in [4.69, 9.17) is 10.3 Å². The predicted molar refractivity (Wildman–Crippen MR) is 119 cm³/mol. The van der Waals surface area contributed by atoms with Crippen molar-refractivity contribution in [3.63, 3.8) is 0 Å². The zero-order chi connectivity index (χ0) is 20.7. The standard InChI is InChI=1S/C24H16N2O3S/c25-21-13-19(26-29-21)14-6-8-15(9-7-14)22-18-11-10-17(27)12-20(18)30-24(22)23(28)16-4-2-1-3-5-16/h1-13,27H,25H2. The fraction of sp³-hybridized carbons (Fsp3) is 0. The van der Waals surface area contributed by atoms with Crippen LogP contribution in [0.1, 0.15) is 15.2 Å². The predicted octanol–water partition coefficient (Wildman–Crippen LogP) is 5.74. The second-order valence-corrected chi connectivity index (χ2v) is 7.93. The summed E-state index contributed by atoms with van der Waals surface area (Å²) in [6, 6.07) is 23.8. The van der Waals surface area contributed by atoms with Crippen molar-refractivity contribution >= 4 is 33.1 Å². The molecule has 146 valence electrons. The summed E-state index contributed by atoms with van der Waals surface area (Å²) in [5.74, 6) is 0.390. The molecular weight excluding hydrogens is 396 g/mol. The van der Waals surface area contributed by atoms with E-state index in [0.717, 1.165) is 26.8 Å². The van der Waals surface area contributed by atoms with Gasteiger partial charge in [-0.1, -0.05) is 59.8 Å². The first-order valence-electron chi connectivity index (χ1n) is 9.28. The van der Waals surface area contributed by atoms with Crippen LogP contribution in [0.15, 0.2) is 83.4 Å². The van der Waals surface area contributed by atoms with Gasteiger partial charge in [0.1, 0.15) is 11.4 Å². The van der Waals surface area contributed by atoms with E-state index in [-0.39, 0.29) is 17.4 Å². The van der Waals surface area contributed by atoms with Gasteiger partial charge in [0.25, 0.3) is 0 Å². The second kappa shape index (κ2) is 7.17. The Morgan fingerprint density at radius 1 is 0.933 bits per heavy atom. The Kier molecular flexibility index (Phi) is 4.34. The van der Waals surface area contributed by atoms with Gasteiger partial charge in [-0.3, -0.25) is 4.79 Å². The SMILES string of the molecule is Nc1cc(-c2ccc(-c3c(C(=O)c4ccccc4)sc4cc(O)ccc34)cc2)no1. The zero-order valence-corrected chi connectivity index (χ0v) is 16.5. The maximum atomic E-state index is 13.3. The number of hydrogen-bond acceptors (Lipinski definition) is 6. The van der Waals surface area contributed by atoms with Gasteiger partial charge in [-0.25, -0.2) is 0 Å². The molecule has 0 fully saturated rings. The summed E-state index contributed by atoms with van der Waals surface area (Å²) >= 11 is 1.39. The number of aromatic hydroxyl groups is 1. The maximum absolute atomic E-state index is 13.3. The van der Waals surface area contributed by atoms with Crippen molar-refractivity contribution < 1.29 is 14.4 Å². The fourth-order valence-corrected chi connectivity index (χ4v) is 4.71. The van der Waals surface area contributed by atoms with Crippen LogP contribution >= 0.6 is 11.3 Å². The first-order valence-corrected chi connectivity index (χ1v) is 10.1. The molecule has 0 amide bonds. The van der Waals surface area contributed by atoms with Crippen LogP contribution < -0.4 is 5.73 Å². The number of benzene rings is 3. The third-order valence-corrected chi connectivity index (χ3v) is 6.06. The number of thiophene rings is 1. The zero-order valence-electron chi connectivity index (χ0n) is 15.7. The molecule has 6 heteroatoms. The number of carbonyl (C=O) groups is 1. The molecule has 5 nitrogen and oxygen atoms in total. The monoisotopic (exact) mass is 412 g/mol. The molecule has 2 heterocycles. The second-order valence-electron chi connectivity index (χ2n) is 6.87. The van der Waals surface area contributed by atoms with Crippen LogP contribution in [0.3, 0.4) is 0 Å². The van der Waals surface area contributed by atoms with Crippen LogP contribution in [-0.2, 0) is 0 Å². The molecule has 0 aliphatic heterocycles. The van der Waals surface area contributed by atoms with E-state index in [2.05, 4.69) is 5.16 Å². The minimum Gasteiger partial charge on any atom is -0.508 e. The topological polar surface area (TPSA) is 89.4 Å². The highest BCUT2D eigenvalue weighted by Gasteiger charge is 2.21. The Balaban J connectivity index is 1.66. The Hall–Kier alpha value is -3.90. The Morgan fingerprint density at radius 3 is 2.37 bits per heavy atom. The van der Waals surface area contributed by atoms with Crippen molar-refractivity contribution in [2.75, 3.05) is 5.73 Å². The molecule has 3 aromatic carbocycles. The van der Waals surface area contributed by atoms with Crippen molar-refractivity contribution in [3.05, 3.63) is 89.3 Å². The first kappa shape index (κ1) is 18.1. The molecule has 0 spiro atoms. The van der Waals surface area contributed by atoms with Gasteiger partial charge in [0.15, 0.2) is 0 Å². The highest BCUT2D eigenvalue weighted by atomic mass is 32.1. The van der Waals surface area contributed by atoms with E-state index in [1.54, 1.807) is 18.2 Å². The number of hydrogen-bond donors (Lipinski definition) is 2. The number of nitrogens with two attached hydrogens (primary N) is 1. The lowest BCUT2D eigenvalue weighted by Gasteiger charge is -2.06. The van der Waals surface area contributed by atoms with E-state index >= 15 is 0 Å². The number of ketones is 1. The third kappa shape index (κ3) is 3.13. The van der Waals surface area contributed by atoms with Crippen molar-refractivity contribution in [2.24, 2.45) is 0 Å². The number of aromatic nitrogens is 1. The van der Waals surface area contributed by atoms with Gasteiger partial charge in [0.05, 0.1) is 4.88 Å². The van der Waals surface area contributed by atoms with E-state index in [1.165, 1.54) is 11.3 Å². The molecule has 2 aromatic heterocycles. The molecule has 0 saturated heterocycles. The van der Waals surface area contributed by atoms with Crippen LogP contribution in [0, 0.1) is 0 Å². The molecule has 0 atom stereocenters. The molecule has 0 aliphatic carbocycles. The van der Waals surface area contributed by atoms with Gasteiger partial charge in [0, 0.05) is 32.8 Å². The first-order chi connectivity index (χ1) is 14.6. The van der Waals surface area contributed by atoms with E-state index < -0.39 is 0 Å². The van der Waals surface area contributed by atoms with Gasteiger partial charge in [-0.05, 0) is 23.8 Å². The Labute approximate surface area is 176 Å². The van der Waals surface area contributed by atoms with Crippen LogP contribution in [0.25, 0.3) is 32.5 Å². The summed E-state index contributed by atoms with van der Waals surface area (Å²) in [4.78, 5) is 13.9.